The average Bonchev–Trinajstić information content (AvgIpc) is 2.52. The highest BCUT2D eigenvalue weighted by Crippen LogP contribution is 2.15. The van der Waals surface area contributed by atoms with Gasteiger partial charge in [0.15, 0.2) is 13.1 Å². The third kappa shape index (κ3) is 6.21. The topological polar surface area (TPSA) is 62.6 Å². The van der Waals surface area contributed by atoms with Crippen LogP contribution < -0.4 is 15.5 Å². The Kier molecular flexibility index (Phi) is 6.56. The molecule has 6 heteroatoms. The van der Waals surface area contributed by atoms with Crippen LogP contribution in [0.3, 0.4) is 0 Å². The lowest BCUT2D eigenvalue weighted by Gasteiger charge is -2.14. The van der Waals surface area contributed by atoms with Crippen LogP contribution in [-0.2, 0) is 9.59 Å². The molecule has 0 heterocycles. The van der Waals surface area contributed by atoms with Crippen molar-refractivity contribution >= 4 is 34.8 Å². The summed E-state index contributed by atoms with van der Waals surface area (Å²) in [5, 5.41) is 6.29. The number of amides is 2. The molecule has 2 rings (SSSR count). The van der Waals surface area contributed by atoms with E-state index in [1.807, 2.05) is 39.1 Å². The Morgan fingerprint density at radius 3 is 2.16 bits per heavy atom. The first kappa shape index (κ1) is 19.0. The average molecular weight is 361 g/mol. The van der Waals surface area contributed by atoms with Gasteiger partial charge in [0, 0.05) is 16.4 Å². The number of aryl methyl sites for hydroxylation is 2. The van der Waals surface area contributed by atoms with Crippen molar-refractivity contribution in [2.45, 2.75) is 13.8 Å². The van der Waals surface area contributed by atoms with Gasteiger partial charge in [-0.15, -0.1) is 0 Å². The van der Waals surface area contributed by atoms with E-state index >= 15 is 0 Å². The van der Waals surface area contributed by atoms with Gasteiger partial charge in [0.25, 0.3) is 11.8 Å². The standard InChI is InChI=1S/C19H22ClN3O2/c1-13-4-9-17(14(2)10-13)22-19(25)12-23(3)11-18(24)21-16-7-5-15(20)6-8-16/h4-10H,11-12H2,1-3H3,(H,21,24)(H,22,25)/p+1. The molecular weight excluding hydrogens is 338 g/mol. The number of likely N-dealkylation sites (N-methyl/N-ethyl adjacent to an activating group) is 1. The number of hydrogen-bond donors (Lipinski definition) is 3. The fourth-order valence-corrected chi connectivity index (χ4v) is 2.62. The summed E-state index contributed by atoms with van der Waals surface area (Å²) in [7, 11) is 1.81. The van der Waals surface area contributed by atoms with Gasteiger partial charge >= 0.3 is 0 Å². The van der Waals surface area contributed by atoms with E-state index in [0.717, 1.165) is 21.7 Å². The summed E-state index contributed by atoms with van der Waals surface area (Å²) in [6, 6.07) is 12.8. The van der Waals surface area contributed by atoms with Crippen LogP contribution in [0, 0.1) is 13.8 Å². The van der Waals surface area contributed by atoms with Crippen molar-refractivity contribution in [1.82, 2.24) is 0 Å². The number of hydrogen-bond acceptors (Lipinski definition) is 2. The fourth-order valence-electron chi connectivity index (χ4n) is 2.50. The van der Waals surface area contributed by atoms with Gasteiger partial charge in [0.2, 0.25) is 0 Å². The summed E-state index contributed by atoms with van der Waals surface area (Å²) in [6.07, 6.45) is 0. The van der Waals surface area contributed by atoms with E-state index in [4.69, 9.17) is 11.6 Å². The van der Waals surface area contributed by atoms with E-state index in [9.17, 15) is 9.59 Å². The van der Waals surface area contributed by atoms with Crippen molar-refractivity contribution < 1.29 is 14.5 Å². The van der Waals surface area contributed by atoms with Crippen LogP contribution in [0.1, 0.15) is 11.1 Å². The summed E-state index contributed by atoms with van der Waals surface area (Å²) in [5.41, 5.74) is 3.65. The number of carbonyl (C=O) groups excluding carboxylic acids is 2. The molecule has 0 aromatic heterocycles. The molecule has 0 aliphatic carbocycles. The Morgan fingerprint density at radius 1 is 0.960 bits per heavy atom. The molecule has 2 aromatic carbocycles. The zero-order valence-corrected chi connectivity index (χ0v) is 15.4. The molecule has 5 nitrogen and oxygen atoms in total. The molecule has 0 fully saturated rings. The minimum Gasteiger partial charge on any atom is -0.322 e. The molecular formula is C19H23ClN3O2+. The van der Waals surface area contributed by atoms with Crippen LogP contribution in [0.25, 0.3) is 0 Å². The molecule has 0 saturated carbocycles. The third-order valence-electron chi connectivity index (χ3n) is 3.71. The van der Waals surface area contributed by atoms with Gasteiger partial charge in [-0.1, -0.05) is 29.3 Å². The Bertz CT molecular complexity index is 760. The normalized spacial score (nSPS) is 11.7. The summed E-state index contributed by atoms with van der Waals surface area (Å²) >= 11 is 5.81. The quantitative estimate of drug-likeness (QED) is 0.738. The van der Waals surface area contributed by atoms with Gasteiger partial charge in [0.05, 0.1) is 7.05 Å². The van der Waals surface area contributed by atoms with Gasteiger partial charge in [-0.25, -0.2) is 0 Å². The second kappa shape index (κ2) is 8.65. The minimum absolute atomic E-state index is 0.122. The predicted molar refractivity (Wildman–Crippen MR) is 101 cm³/mol. The largest absolute Gasteiger partial charge is 0.322 e. The molecule has 132 valence electrons. The van der Waals surface area contributed by atoms with Crippen LogP contribution in [-0.4, -0.2) is 32.0 Å². The van der Waals surface area contributed by atoms with E-state index in [1.54, 1.807) is 24.3 Å². The van der Waals surface area contributed by atoms with E-state index in [-0.39, 0.29) is 24.9 Å². The number of benzene rings is 2. The lowest BCUT2D eigenvalue weighted by molar-refractivity contribution is -0.862. The van der Waals surface area contributed by atoms with Crippen LogP contribution >= 0.6 is 11.6 Å². The number of rotatable bonds is 6. The van der Waals surface area contributed by atoms with Gasteiger partial charge in [0.1, 0.15) is 0 Å². The maximum absolute atomic E-state index is 12.2. The fraction of sp³-hybridized carbons (Fsp3) is 0.263. The zero-order valence-electron chi connectivity index (χ0n) is 14.7. The maximum atomic E-state index is 12.2. The van der Waals surface area contributed by atoms with Crippen LogP contribution in [0.15, 0.2) is 42.5 Å². The van der Waals surface area contributed by atoms with Gasteiger partial charge in [-0.3, -0.25) is 9.59 Å². The Labute approximate surface area is 153 Å². The second-order valence-corrected chi connectivity index (χ2v) is 6.67. The molecule has 3 N–H and O–H groups in total. The molecule has 0 aliphatic rings. The van der Waals surface area contributed by atoms with E-state index < -0.39 is 0 Å². The van der Waals surface area contributed by atoms with Crippen LogP contribution in [0.5, 0.6) is 0 Å². The SMILES string of the molecule is Cc1ccc(NC(=O)C[NH+](C)CC(=O)Nc2ccc(Cl)cc2)c(C)c1. The summed E-state index contributed by atoms with van der Waals surface area (Å²) < 4.78 is 0. The first-order chi connectivity index (χ1) is 11.8. The summed E-state index contributed by atoms with van der Waals surface area (Å²) in [6.45, 7) is 4.37. The lowest BCUT2D eigenvalue weighted by atomic mass is 10.1. The van der Waals surface area contributed by atoms with Crippen molar-refractivity contribution in [2.75, 3.05) is 30.8 Å². The third-order valence-corrected chi connectivity index (χ3v) is 3.96. The van der Waals surface area contributed by atoms with Crippen molar-refractivity contribution in [2.24, 2.45) is 0 Å². The van der Waals surface area contributed by atoms with E-state index in [1.165, 1.54) is 0 Å². The highest BCUT2D eigenvalue weighted by Gasteiger charge is 2.15. The number of quaternary nitrogens is 1. The number of anilines is 2. The van der Waals surface area contributed by atoms with Crippen molar-refractivity contribution in [3.8, 4) is 0 Å². The summed E-state index contributed by atoms with van der Waals surface area (Å²) in [5.74, 6) is -0.275. The molecule has 25 heavy (non-hydrogen) atoms. The lowest BCUT2D eigenvalue weighted by Crippen LogP contribution is -3.11. The van der Waals surface area contributed by atoms with Gasteiger partial charge in [-0.05, 0) is 49.7 Å². The maximum Gasteiger partial charge on any atom is 0.279 e. The molecule has 2 amide bonds. The Morgan fingerprint density at radius 2 is 1.56 bits per heavy atom. The minimum atomic E-state index is -0.154. The summed E-state index contributed by atoms with van der Waals surface area (Å²) in [4.78, 5) is 25.0. The van der Waals surface area contributed by atoms with Gasteiger partial charge in [-0.2, -0.15) is 0 Å². The van der Waals surface area contributed by atoms with Crippen molar-refractivity contribution in [3.63, 3.8) is 0 Å². The highest BCUT2D eigenvalue weighted by atomic mass is 35.5. The second-order valence-electron chi connectivity index (χ2n) is 6.23. The Hall–Kier alpha value is -2.37. The molecule has 2 aromatic rings. The van der Waals surface area contributed by atoms with Crippen LogP contribution in [0.4, 0.5) is 11.4 Å². The highest BCUT2D eigenvalue weighted by molar-refractivity contribution is 6.30. The zero-order chi connectivity index (χ0) is 18.4. The molecule has 0 radical (unpaired) electrons. The monoisotopic (exact) mass is 360 g/mol. The Balaban J connectivity index is 1.82. The van der Waals surface area contributed by atoms with Crippen LogP contribution in [0.2, 0.25) is 5.02 Å². The molecule has 0 aliphatic heterocycles. The molecule has 1 atom stereocenters. The number of nitrogens with one attached hydrogen (secondary N) is 3. The first-order valence-corrected chi connectivity index (χ1v) is 8.45. The molecule has 0 saturated heterocycles. The number of halogens is 1. The van der Waals surface area contributed by atoms with Gasteiger partial charge < -0.3 is 15.5 Å². The molecule has 0 bridgehead atoms. The van der Waals surface area contributed by atoms with Crippen molar-refractivity contribution in [3.05, 3.63) is 58.6 Å². The smallest absolute Gasteiger partial charge is 0.279 e. The molecule has 0 spiro atoms. The first-order valence-electron chi connectivity index (χ1n) is 8.07. The molecule has 1 unspecified atom stereocenters. The van der Waals surface area contributed by atoms with Crippen molar-refractivity contribution in [1.29, 1.82) is 0 Å². The van der Waals surface area contributed by atoms with E-state index in [2.05, 4.69) is 10.6 Å². The predicted octanol–water partition coefficient (Wildman–Crippen LogP) is 2.05. The number of carbonyl (C=O) groups is 2. The van der Waals surface area contributed by atoms with E-state index in [0.29, 0.717) is 10.7 Å².